The number of nitrogens with one attached hydrogen (secondary N) is 1. The third-order valence-corrected chi connectivity index (χ3v) is 4.83. The second kappa shape index (κ2) is 8.04. The van der Waals surface area contributed by atoms with Crippen LogP contribution in [0.25, 0.3) is 0 Å². The molecule has 1 aliphatic rings. The highest BCUT2D eigenvalue weighted by Gasteiger charge is 2.34. The lowest BCUT2D eigenvalue weighted by atomic mass is 10.2. The summed E-state index contributed by atoms with van der Waals surface area (Å²) in [5, 5.41) is 3.70. The number of aliphatic imine (C=N–C) groups is 1. The van der Waals surface area contributed by atoms with Gasteiger partial charge in [0.15, 0.2) is 5.17 Å². The first-order valence-corrected chi connectivity index (χ1v) is 8.86. The van der Waals surface area contributed by atoms with E-state index >= 15 is 0 Å². The van der Waals surface area contributed by atoms with E-state index in [9.17, 15) is 9.59 Å². The molecule has 1 saturated heterocycles. The minimum atomic E-state index is -0.520. The molecule has 2 amide bonds. The first-order valence-electron chi connectivity index (χ1n) is 7.23. The van der Waals surface area contributed by atoms with Gasteiger partial charge in [-0.2, -0.15) is 0 Å². The summed E-state index contributed by atoms with van der Waals surface area (Å²) in [6, 6.07) is 4.81. The molecule has 8 heteroatoms. The van der Waals surface area contributed by atoms with Crippen LogP contribution in [-0.4, -0.2) is 40.2 Å². The Morgan fingerprint density at radius 2 is 2.00 bits per heavy atom. The van der Waals surface area contributed by atoms with Crippen molar-refractivity contribution < 1.29 is 9.59 Å². The number of hydrogen-bond donors (Lipinski definition) is 1. The van der Waals surface area contributed by atoms with Crippen molar-refractivity contribution in [2.24, 2.45) is 4.99 Å². The van der Waals surface area contributed by atoms with E-state index in [1.54, 1.807) is 23.1 Å². The number of nitrogens with zero attached hydrogens (tertiary/aromatic N) is 2. The van der Waals surface area contributed by atoms with E-state index in [-0.39, 0.29) is 18.2 Å². The van der Waals surface area contributed by atoms with E-state index in [2.05, 4.69) is 10.3 Å². The van der Waals surface area contributed by atoms with Crippen molar-refractivity contribution in [1.82, 2.24) is 4.90 Å². The summed E-state index contributed by atoms with van der Waals surface area (Å²) in [4.78, 5) is 30.6. The molecule has 1 N–H and O–H groups in total. The van der Waals surface area contributed by atoms with Gasteiger partial charge in [0.2, 0.25) is 11.8 Å². The van der Waals surface area contributed by atoms with Crippen molar-refractivity contribution in [1.29, 1.82) is 0 Å². The van der Waals surface area contributed by atoms with Gasteiger partial charge >= 0.3 is 0 Å². The molecule has 0 radical (unpaired) electrons. The molecular weight excluding hydrogens is 357 g/mol. The van der Waals surface area contributed by atoms with E-state index in [4.69, 9.17) is 23.2 Å². The lowest BCUT2D eigenvalue weighted by Crippen LogP contribution is -2.45. The minimum Gasteiger partial charge on any atom is -0.325 e. The highest BCUT2D eigenvalue weighted by atomic mass is 35.5. The zero-order chi connectivity index (χ0) is 17.0. The molecule has 0 bridgehead atoms. The standard InChI is InChI=1S/C15H17Cl2N3O2S/c1-3-18-15-20(4-2)13(21)8-12(23-15)14(22)19-11-6-9(16)5-10(17)7-11/h5-7,12H,3-4,8H2,1-2H3,(H,19,22). The zero-order valence-electron chi connectivity index (χ0n) is 12.8. The first-order chi connectivity index (χ1) is 10.9. The van der Waals surface area contributed by atoms with E-state index in [0.29, 0.717) is 34.0 Å². The summed E-state index contributed by atoms with van der Waals surface area (Å²) in [5.41, 5.74) is 0.507. The number of carbonyl (C=O) groups is 2. The summed E-state index contributed by atoms with van der Waals surface area (Å²) in [6.45, 7) is 4.88. The molecule has 1 aromatic carbocycles. The van der Waals surface area contributed by atoms with Gasteiger partial charge in [-0.15, -0.1) is 0 Å². The van der Waals surface area contributed by atoms with Gasteiger partial charge in [0.25, 0.3) is 0 Å². The predicted octanol–water partition coefficient (Wildman–Crippen LogP) is 3.66. The minimum absolute atomic E-state index is 0.0947. The molecule has 0 spiro atoms. The van der Waals surface area contributed by atoms with E-state index in [0.717, 1.165) is 0 Å². The van der Waals surface area contributed by atoms with Crippen LogP contribution < -0.4 is 5.32 Å². The van der Waals surface area contributed by atoms with Crippen LogP contribution in [0.4, 0.5) is 5.69 Å². The molecular formula is C15H17Cl2N3O2S. The van der Waals surface area contributed by atoms with Crippen LogP contribution in [0, 0.1) is 0 Å². The number of benzene rings is 1. The van der Waals surface area contributed by atoms with Gasteiger partial charge in [-0.05, 0) is 32.0 Å². The number of halogens is 2. The molecule has 5 nitrogen and oxygen atoms in total. The second-order valence-corrected chi connectivity index (χ2v) is 6.90. The van der Waals surface area contributed by atoms with Gasteiger partial charge in [-0.3, -0.25) is 19.5 Å². The Bertz CT molecular complexity index is 631. The van der Waals surface area contributed by atoms with Gasteiger partial charge in [-0.1, -0.05) is 35.0 Å². The summed E-state index contributed by atoms with van der Waals surface area (Å²) in [5.74, 6) is -0.357. The third-order valence-electron chi connectivity index (χ3n) is 3.17. The Labute approximate surface area is 149 Å². The average molecular weight is 374 g/mol. The zero-order valence-corrected chi connectivity index (χ0v) is 15.1. The number of hydrogen-bond acceptors (Lipinski definition) is 4. The molecule has 124 valence electrons. The molecule has 23 heavy (non-hydrogen) atoms. The molecule has 0 aromatic heterocycles. The van der Waals surface area contributed by atoms with Gasteiger partial charge in [-0.25, -0.2) is 0 Å². The van der Waals surface area contributed by atoms with Crippen LogP contribution in [0.3, 0.4) is 0 Å². The van der Waals surface area contributed by atoms with Crippen molar-refractivity contribution in [2.75, 3.05) is 18.4 Å². The van der Waals surface area contributed by atoms with Crippen LogP contribution in [0.5, 0.6) is 0 Å². The Morgan fingerprint density at radius 1 is 1.35 bits per heavy atom. The number of amidine groups is 1. The summed E-state index contributed by atoms with van der Waals surface area (Å²) in [7, 11) is 0. The van der Waals surface area contributed by atoms with Crippen molar-refractivity contribution >= 4 is 57.6 Å². The monoisotopic (exact) mass is 373 g/mol. The van der Waals surface area contributed by atoms with E-state index in [1.807, 2.05) is 13.8 Å². The lowest BCUT2D eigenvalue weighted by Gasteiger charge is -2.30. The molecule has 1 heterocycles. The van der Waals surface area contributed by atoms with E-state index in [1.165, 1.54) is 11.8 Å². The number of thioether (sulfide) groups is 1. The third kappa shape index (κ3) is 4.62. The molecule has 1 unspecified atom stereocenters. The van der Waals surface area contributed by atoms with Gasteiger partial charge in [0.1, 0.15) is 5.25 Å². The van der Waals surface area contributed by atoms with Gasteiger partial charge in [0, 0.05) is 35.2 Å². The Balaban J connectivity index is 2.13. The maximum atomic E-state index is 12.4. The largest absolute Gasteiger partial charge is 0.325 e. The molecule has 1 atom stereocenters. The highest BCUT2D eigenvalue weighted by molar-refractivity contribution is 8.15. The predicted molar refractivity (Wildman–Crippen MR) is 96.5 cm³/mol. The van der Waals surface area contributed by atoms with Crippen LogP contribution in [0.1, 0.15) is 20.3 Å². The molecule has 0 saturated carbocycles. The van der Waals surface area contributed by atoms with Crippen molar-refractivity contribution in [3.05, 3.63) is 28.2 Å². The fourth-order valence-corrected chi connectivity index (χ4v) is 3.91. The molecule has 1 aliphatic heterocycles. The maximum Gasteiger partial charge on any atom is 0.238 e. The second-order valence-electron chi connectivity index (χ2n) is 4.85. The maximum absolute atomic E-state index is 12.4. The van der Waals surface area contributed by atoms with Crippen molar-refractivity contribution in [3.8, 4) is 0 Å². The van der Waals surface area contributed by atoms with Crippen LogP contribution in [0.15, 0.2) is 23.2 Å². The van der Waals surface area contributed by atoms with Crippen LogP contribution in [-0.2, 0) is 9.59 Å². The Kier molecular flexibility index (Phi) is 6.33. The first kappa shape index (κ1) is 18.1. The molecule has 2 rings (SSSR count). The smallest absolute Gasteiger partial charge is 0.238 e. The topological polar surface area (TPSA) is 61.8 Å². The van der Waals surface area contributed by atoms with Crippen molar-refractivity contribution in [2.45, 2.75) is 25.5 Å². The van der Waals surface area contributed by atoms with Crippen LogP contribution in [0.2, 0.25) is 10.0 Å². The molecule has 0 aliphatic carbocycles. The fourth-order valence-electron chi connectivity index (χ4n) is 2.17. The van der Waals surface area contributed by atoms with Crippen LogP contribution >= 0.6 is 35.0 Å². The van der Waals surface area contributed by atoms with Crippen molar-refractivity contribution in [3.63, 3.8) is 0 Å². The van der Waals surface area contributed by atoms with Gasteiger partial charge in [0.05, 0.1) is 0 Å². The highest BCUT2D eigenvalue weighted by Crippen LogP contribution is 2.28. The molecule has 1 aromatic rings. The Morgan fingerprint density at radius 3 is 2.57 bits per heavy atom. The summed E-state index contributed by atoms with van der Waals surface area (Å²) in [6.07, 6.45) is 0.140. The normalized spacial score (nSPS) is 20.0. The number of anilines is 1. The summed E-state index contributed by atoms with van der Waals surface area (Å²) >= 11 is 13.2. The number of rotatable bonds is 4. The number of carbonyl (C=O) groups excluding carboxylic acids is 2. The lowest BCUT2D eigenvalue weighted by molar-refractivity contribution is -0.129. The summed E-state index contributed by atoms with van der Waals surface area (Å²) < 4.78 is 0. The number of amides is 2. The SMILES string of the molecule is CCN=C1SC(C(=O)Nc2cc(Cl)cc(Cl)c2)CC(=O)N1CC. The average Bonchev–Trinajstić information content (AvgIpc) is 2.46. The van der Waals surface area contributed by atoms with Gasteiger partial charge < -0.3 is 5.32 Å². The Hall–Kier alpha value is -1.24. The van der Waals surface area contributed by atoms with E-state index < -0.39 is 5.25 Å². The molecule has 1 fully saturated rings. The fraction of sp³-hybridized carbons (Fsp3) is 0.400. The quantitative estimate of drug-likeness (QED) is 0.875.